The Morgan fingerprint density at radius 2 is 1.63 bits per heavy atom. The fourth-order valence-electron chi connectivity index (χ4n) is 3.35. The summed E-state index contributed by atoms with van der Waals surface area (Å²) in [4.78, 5) is 14.6. The highest BCUT2D eigenvalue weighted by Gasteiger charge is 2.23. The summed E-state index contributed by atoms with van der Waals surface area (Å²) in [6.45, 7) is 3.64. The molecule has 1 aliphatic heterocycles. The Kier molecular flexibility index (Phi) is 7.69. The van der Waals surface area contributed by atoms with Crippen LogP contribution < -0.4 is 10.1 Å². The van der Waals surface area contributed by atoms with Gasteiger partial charge < -0.3 is 14.8 Å². The van der Waals surface area contributed by atoms with E-state index in [9.17, 15) is 4.79 Å². The van der Waals surface area contributed by atoms with E-state index < -0.39 is 0 Å². The van der Waals surface area contributed by atoms with Gasteiger partial charge in [-0.2, -0.15) is 0 Å². The van der Waals surface area contributed by atoms with E-state index in [0.717, 1.165) is 18.8 Å². The minimum absolute atomic E-state index is 0.0552. The van der Waals surface area contributed by atoms with Gasteiger partial charge in [-0.05, 0) is 43.6 Å². The Balaban J connectivity index is 1.37. The SMILES string of the molecule is O=C(COCCOc1ccccc1)NCC(c1ccccc1)N1CCCC1. The van der Waals surface area contributed by atoms with E-state index in [1.54, 1.807) is 0 Å². The summed E-state index contributed by atoms with van der Waals surface area (Å²) in [7, 11) is 0. The van der Waals surface area contributed by atoms with Crippen molar-refractivity contribution in [3.63, 3.8) is 0 Å². The van der Waals surface area contributed by atoms with E-state index >= 15 is 0 Å². The largest absolute Gasteiger partial charge is 0.491 e. The molecule has 1 fully saturated rings. The van der Waals surface area contributed by atoms with Crippen LogP contribution in [0.4, 0.5) is 0 Å². The summed E-state index contributed by atoms with van der Waals surface area (Å²) in [5.74, 6) is 0.719. The summed E-state index contributed by atoms with van der Waals surface area (Å²) in [6, 6.07) is 20.2. The topological polar surface area (TPSA) is 50.8 Å². The lowest BCUT2D eigenvalue weighted by Crippen LogP contribution is -2.38. The molecule has 3 rings (SSSR count). The van der Waals surface area contributed by atoms with Gasteiger partial charge >= 0.3 is 0 Å². The van der Waals surface area contributed by atoms with Crippen molar-refractivity contribution in [3.8, 4) is 5.75 Å². The van der Waals surface area contributed by atoms with E-state index in [-0.39, 0.29) is 18.6 Å². The highest BCUT2D eigenvalue weighted by molar-refractivity contribution is 5.77. The number of benzene rings is 2. The van der Waals surface area contributed by atoms with Crippen molar-refractivity contribution >= 4 is 5.91 Å². The first-order valence-corrected chi connectivity index (χ1v) is 9.64. The van der Waals surface area contributed by atoms with Crippen molar-refractivity contribution in [2.75, 3.05) is 39.5 Å². The molecule has 0 bridgehead atoms. The lowest BCUT2D eigenvalue weighted by molar-refractivity contribution is -0.126. The van der Waals surface area contributed by atoms with Crippen LogP contribution in [0.5, 0.6) is 5.75 Å². The molecule has 0 aromatic heterocycles. The van der Waals surface area contributed by atoms with Gasteiger partial charge in [-0.1, -0.05) is 48.5 Å². The first kappa shape index (κ1) is 19.4. The van der Waals surface area contributed by atoms with E-state index in [0.29, 0.717) is 19.8 Å². The molecule has 5 heteroatoms. The maximum Gasteiger partial charge on any atom is 0.246 e. The molecule has 0 aliphatic carbocycles. The summed E-state index contributed by atoms with van der Waals surface area (Å²) in [6.07, 6.45) is 2.45. The Hall–Kier alpha value is -2.37. The van der Waals surface area contributed by atoms with Crippen molar-refractivity contribution < 1.29 is 14.3 Å². The summed E-state index contributed by atoms with van der Waals surface area (Å²) < 4.78 is 11.0. The van der Waals surface area contributed by atoms with Crippen LogP contribution in [0.1, 0.15) is 24.4 Å². The van der Waals surface area contributed by atoms with Crippen molar-refractivity contribution in [1.29, 1.82) is 0 Å². The van der Waals surface area contributed by atoms with Crippen molar-refractivity contribution in [2.45, 2.75) is 18.9 Å². The number of likely N-dealkylation sites (tertiary alicyclic amines) is 1. The molecule has 0 radical (unpaired) electrons. The minimum Gasteiger partial charge on any atom is -0.491 e. The molecular formula is C22H28N2O3. The van der Waals surface area contributed by atoms with Crippen LogP contribution in [0.3, 0.4) is 0 Å². The smallest absolute Gasteiger partial charge is 0.246 e. The van der Waals surface area contributed by atoms with Crippen molar-refractivity contribution in [3.05, 3.63) is 66.2 Å². The lowest BCUT2D eigenvalue weighted by Gasteiger charge is -2.28. The van der Waals surface area contributed by atoms with Crippen LogP contribution in [0.2, 0.25) is 0 Å². The fourth-order valence-corrected chi connectivity index (χ4v) is 3.35. The second kappa shape index (κ2) is 10.7. The van der Waals surface area contributed by atoms with E-state index in [4.69, 9.17) is 9.47 Å². The average Bonchev–Trinajstić information content (AvgIpc) is 3.24. The first-order valence-electron chi connectivity index (χ1n) is 9.64. The number of hydrogen-bond acceptors (Lipinski definition) is 4. The predicted molar refractivity (Wildman–Crippen MR) is 106 cm³/mol. The number of nitrogens with one attached hydrogen (secondary N) is 1. The van der Waals surface area contributed by atoms with Crippen LogP contribution >= 0.6 is 0 Å². The Morgan fingerprint density at radius 3 is 2.33 bits per heavy atom. The van der Waals surface area contributed by atoms with Gasteiger partial charge in [0.2, 0.25) is 5.91 Å². The number of amides is 1. The number of para-hydroxylation sites is 1. The van der Waals surface area contributed by atoms with Crippen LogP contribution in [-0.2, 0) is 9.53 Å². The molecular weight excluding hydrogens is 340 g/mol. The molecule has 1 unspecified atom stereocenters. The zero-order valence-corrected chi connectivity index (χ0v) is 15.7. The third kappa shape index (κ3) is 6.38. The monoisotopic (exact) mass is 368 g/mol. The van der Waals surface area contributed by atoms with E-state index in [1.165, 1.54) is 18.4 Å². The van der Waals surface area contributed by atoms with Gasteiger partial charge in [0.05, 0.1) is 12.6 Å². The van der Waals surface area contributed by atoms with Crippen LogP contribution in [-0.4, -0.2) is 50.3 Å². The molecule has 1 atom stereocenters. The maximum absolute atomic E-state index is 12.1. The first-order chi connectivity index (χ1) is 13.3. The molecule has 5 nitrogen and oxygen atoms in total. The highest BCUT2D eigenvalue weighted by Crippen LogP contribution is 2.24. The molecule has 1 amide bonds. The third-order valence-corrected chi connectivity index (χ3v) is 4.73. The second-order valence-corrected chi connectivity index (χ2v) is 6.69. The van der Waals surface area contributed by atoms with Gasteiger partial charge in [0.25, 0.3) is 0 Å². The molecule has 2 aromatic rings. The standard InChI is InChI=1S/C22H28N2O3/c25-22(18-26-15-16-27-20-11-5-2-6-12-20)23-17-21(24-13-7-8-14-24)19-9-3-1-4-10-19/h1-6,9-12,21H,7-8,13-18H2,(H,23,25). The van der Waals surface area contributed by atoms with E-state index in [1.807, 2.05) is 36.4 Å². The zero-order chi connectivity index (χ0) is 18.7. The average molecular weight is 368 g/mol. The zero-order valence-electron chi connectivity index (χ0n) is 15.7. The number of carbonyl (C=O) groups excluding carboxylic acids is 1. The summed E-state index contributed by atoms with van der Waals surface area (Å²) in [5.41, 5.74) is 1.25. The Labute approximate surface area is 161 Å². The van der Waals surface area contributed by atoms with Gasteiger partial charge in [-0.3, -0.25) is 9.69 Å². The maximum atomic E-state index is 12.1. The molecule has 2 aromatic carbocycles. The molecule has 1 saturated heterocycles. The molecule has 1 N–H and O–H groups in total. The quantitative estimate of drug-likeness (QED) is 0.655. The number of carbonyl (C=O) groups is 1. The summed E-state index contributed by atoms with van der Waals surface area (Å²) >= 11 is 0. The van der Waals surface area contributed by atoms with Crippen molar-refractivity contribution in [1.82, 2.24) is 10.2 Å². The number of rotatable bonds is 10. The molecule has 144 valence electrons. The number of nitrogens with zero attached hydrogens (tertiary/aromatic N) is 1. The highest BCUT2D eigenvalue weighted by atomic mass is 16.5. The van der Waals surface area contributed by atoms with Crippen LogP contribution in [0.15, 0.2) is 60.7 Å². The third-order valence-electron chi connectivity index (χ3n) is 4.73. The van der Waals surface area contributed by atoms with Gasteiger partial charge in [0.15, 0.2) is 0 Å². The predicted octanol–water partition coefficient (Wildman–Crippen LogP) is 3.04. The van der Waals surface area contributed by atoms with Crippen LogP contribution in [0, 0.1) is 0 Å². The van der Waals surface area contributed by atoms with Crippen molar-refractivity contribution in [2.24, 2.45) is 0 Å². The Bertz CT molecular complexity index is 672. The molecule has 0 saturated carbocycles. The molecule has 1 aliphatic rings. The van der Waals surface area contributed by atoms with Gasteiger partial charge in [0, 0.05) is 6.54 Å². The normalized spacial score (nSPS) is 15.4. The van der Waals surface area contributed by atoms with Crippen LogP contribution in [0.25, 0.3) is 0 Å². The molecule has 27 heavy (non-hydrogen) atoms. The Morgan fingerprint density at radius 1 is 0.963 bits per heavy atom. The number of ether oxygens (including phenoxy) is 2. The van der Waals surface area contributed by atoms with Gasteiger partial charge in [-0.25, -0.2) is 0 Å². The molecule has 0 spiro atoms. The van der Waals surface area contributed by atoms with Gasteiger partial charge in [0.1, 0.15) is 19.0 Å². The molecule has 1 heterocycles. The van der Waals surface area contributed by atoms with E-state index in [2.05, 4.69) is 34.5 Å². The van der Waals surface area contributed by atoms with Gasteiger partial charge in [-0.15, -0.1) is 0 Å². The number of hydrogen-bond donors (Lipinski definition) is 1. The fraction of sp³-hybridized carbons (Fsp3) is 0.409. The summed E-state index contributed by atoms with van der Waals surface area (Å²) in [5, 5.41) is 3.02. The minimum atomic E-state index is -0.0881. The lowest BCUT2D eigenvalue weighted by atomic mass is 10.1. The second-order valence-electron chi connectivity index (χ2n) is 6.69.